The minimum atomic E-state index is 0.185. The number of nitrogens with one attached hydrogen (secondary N) is 1. The zero-order valence-electron chi connectivity index (χ0n) is 11.0. The molecule has 0 saturated heterocycles. The second-order valence-corrected chi connectivity index (χ2v) is 6.16. The van der Waals surface area contributed by atoms with Gasteiger partial charge < -0.3 is 5.32 Å². The summed E-state index contributed by atoms with van der Waals surface area (Å²) in [6.07, 6.45) is 6.11. The van der Waals surface area contributed by atoms with Gasteiger partial charge in [-0.05, 0) is 62.5 Å². The molecule has 0 heterocycles. The summed E-state index contributed by atoms with van der Waals surface area (Å²) in [5.74, 6) is 2.68. The molecule has 0 spiro atoms. The van der Waals surface area contributed by atoms with Crippen LogP contribution in [0.2, 0.25) is 0 Å². The lowest BCUT2D eigenvalue weighted by atomic mass is 9.61. The van der Waals surface area contributed by atoms with Gasteiger partial charge in [-0.3, -0.25) is 4.79 Å². The van der Waals surface area contributed by atoms with E-state index in [-0.39, 0.29) is 5.91 Å². The Kier molecular flexibility index (Phi) is 3.11. The summed E-state index contributed by atoms with van der Waals surface area (Å²) in [4.78, 5) is 12.0. The van der Waals surface area contributed by atoms with E-state index in [4.69, 9.17) is 0 Å². The molecule has 2 heteroatoms. The minimum absolute atomic E-state index is 0.185. The molecule has 3 aliphatic rings. The molecule has 3 fully saturated rings. The maximum absolute atomic E-state index is 12.0. The van der Waals surface area contributed by atoms with E-state index >= 15 is 0 Å². The summed E-state index contributed by atoms with van der Waals surface area (Å²) in [6, 6.07) is 8.02. The molecule has 1 aromatic rings. The van der Waals surface area contributed by atoms with E-state index in [9.17, 15) is 4.79 Å². The number of hydrogen-bond acceptors (Lipinski definition) is 1. The first-order chi connectivity index (χ1) is 8.69. The van der Waals surface area contributed by atoms with Crippen molar-refractivity contribution in [2.45, 2.75) is 39.0 Å². The van der Waals surface area contributed by atoms with E-state index < -0.39 is 0 Å². The number of hydrogen-bond donors (Lipinski definition) is 1. The van der Waals surface area contributed by atoms with Crippen LogP contribution in [-0.4, -0.2) is 5.91 Å². The van der Waals surface area contributed by atoms with Crippen LogP contribution in [0.1, 0.15) is 37.7 Å². The van der Waals surface area contributed by atoms with Gasteiger partial charge in [0.25, 0.3) is 0 Å². The van der Waals surface area contributed by atoms with Gasteiger partial charge >= 0.3 is 0 Å². The molecular formula is C16H21NO. The van der Waals surface area contributed by atoms with Crippen molar-refractivity contribution in [3.8, 4) is 0 Å². The van der Waals surface area contributed by atoms with Gasteiger partial charge in [-0.25, -0.2) is 0 Å². The lowest BCUT2D eigenvalue weighted by Crippen LogP contribution is -2.35. The van der Waals surface area contributed by atoms with Crippen LogP contribution in [0.25, 0.3) is 0 Å². The predicted octanol–water partition coefficient (Wildman–Crippen LogP) is 3.76. The molecule has 1 amide bonds. The normalized spacial score (nSPS) is 29.5. The minimum Gasteiger partial charge on any atom is -0.326 e. The Balaban J connectivity index is 1.51. The molecule has 1 N–H and O–H groups in total. The molecule has 4 rings (SSSR count). The van der Waals surface area contributed by atoms with E-state index in [1.807, 2.05) is 24.3 Å². The summed E-state index contributed by atoms with van der Waals surface area (Å²) < 4.78 is 0. The standard InChI is InChI=1S/C16H21NO/c1-11-2-4-15(5-3-11)17-16(18)10-14-8-12-6-13(7-12)9-14/h2-5,12-14H,6-10H2,1H3,(H,17,18). The van der Waals surface area contributed by atoms with Crippen molar-refractivity contribution in [3.05, 3.63) is 29.8 Å². The highest BCUT2D eigenvalue weighted by atomic mass is 16.1. The van der Waals surface area contributed by atoms with Crippen molar-refractivity contribution in [3.63, 3.8) is 0 Å². The number of carbonyl (C=O) groups is 1. The third-order valence-corrected chi connectivity index (χ3v) is 4.48. The highest BCUT2D eigenvalue weighted by Crippen LogP contribution is 2.48. The Morgan fingerprint density at radius 3 is 2.33 bits per heavy atom. The maximum atomic E-state index is 12.0. The maximum Gasteiger partial charge on any atom is 0.224 e. The molecule has 0 aliphatic heterocycles. The summed E-state index contributed by atoms with van der Waals surface area (Å²) in [7, 11) is 0. The zero-order valence-corrected chi connectivity index (χ0v) is 11.0. The highest BCUT2D eigenvalue weighted by Gasteiger charge is 2.38. The fourth-order valence-corrected chi connectivity index (χ4v) is 3.58. The molecule has 0 radical (unpaired) electrons. The van der Waals surface area contributed by atoms with Gasteiger partial charge in [0, 0.05) is 12.1 Å². The van der Waals surface area contributed by atoms with Crippen molar-refractivity contribution in [1.82, 2.24) is 0 Å². The average molecular weight is 243 g/mol. The smallest absolute Gasteiger partial charge is 0.224 e. The summed E-state index contributed by atoms with van der Waals surface area (Å²) in [5.41, 5.74) is 2.15. The van der Waals surface area contributed by atoms with Gasteiger partial charge in [0.1, 0.15) is 0 Å². The van der Waals surface area contributed by atoms with Crippen LogP contribution in [0.3, 0.4) is 0 Å². The van der Waals surface area contributed by atoms with E-state index in [0.29, 0.717) is 12.3 Å². The second kappa shape index (κ2) is 4.75. The van der Waals surface area contributed by atoms with Crippen LogP contribution >= 0.6 is 0 Å². The fraction of sp³-hybridized carbons (Fsp3) is 0.562. The van der Waals surface area contributed by atoms with Gasteiger partial charge in [0.05, 0.1) is 0 Å². The number of aryl methyl sites for hydroxylation is 1. The van der Waals surface area contributed by atoms with Crippen LogP contribution in [0, 0.1) is 24.7 Å². The number of carbonyl (C=O) groups excluding carboxylic acids is 1. The van der Waals surface area contributed by atoms with Crippen LogP contribution < -0.4 is 5.32 Å². The average Bonchev–Trinajstić information content (AvgIpc) is 2.31. The Bertz CT molecular complexity index is 421. The van der Waals surface area contributed by atoms with E-state index in [1.165, 1.54) is 31.2 Å². The molecule has 2 bridgehead atoms. The summed E-state index contributed by atoms with van der Waals surface area (Å²) in [6.45, 7) is 2.06. The molecule has 1 aromatic carbocycles. The molecule has 0 aromatic heterocycles. The lowest BCUT2D eigenvalue weighted by Gasteiger charge is -2.45. The lowest BCUT2D eigenvalue weighted by molar-refractivity contribution is -0.118. The monoisotopic (exact) mass is 243 g/mol. The summed E-state index contributed by atoms with van der Waals surface area (Å²) in [5, 5.41) is 3.01. The van der Waals surface area contributed by atoms with Crippen molar-refractivity contribution >= 4 is 11.6 Å². The molecule has 0 atom stereocenters. The topological polar surface area (TPSA) is 29.1 Å². The third-order valence-electron chi connectivity index (χ3n) is 4.48. The Morgan fingerprint density at radius 2 is 1.72 bits per heavy atom. The molecular weight excluding hydrogens is 222 g/mol. The third kappa shape index (κ3) is 2.58. The van der Waals surface area contributed by atoms with Crippen molar-refractivity contribution in [2.24, 2.45) is 17.8 Å². The fourth-order valence-electron chi connectivity index (χ4n) is 3.58. The van der Waals surface area contributed by atoms with Gasteiger partial charge in [-0.15, -0.1) is 0 Å². The van der Waals surface area contributed by atoms with Crippen LogP contribution in [0.15, 0.2) is 24.3 Å². The largest absolute Gasteiger partial charge is 0.326 e. The molecule has 96 valence electrons. The Hall–Kier alpha value is -1.31. The number of benzene rings is 1. The first kappa shape index (κ1) is 11.8. The molecule has 3 aliphatic carbocycles. The predicted molar refractivity (Wildman–Crippen MR) is 73.4 cm³/mol. The van der Waals surface area contributed by atoms with Crippen molar-refractivity contribution in [2.75, 3.05) is 5.32 Å². The Labute approximate surface area is 109 Å². The molecule has 18 heavy (non-hydrogen) atoms. The summed E-state index contributed by atoms with van der Waals surface area (Å²) >= 11 is 0. The second-order valence-electron chi connectivity index (χ2n) is 6.16. The Morgan fingerprint density at radius 1 is 1.11 bits per heavy atom. The molecule has 0 unspecified atom stereocenters. The number of anilines is 1. The van der Waals surface area contributed by atoms with Crippen molar-refractivity contribution < 1.29 is 4.79 Å². The van der Waals surface area contributed by atoms with Crippen LogP contribution in [-0.2, 0) is 4.79 Å². The van der Waals surface area contributed by atoms with E-state index in [0.717, 1.165) is 17.5 Å². The van der Waals surface area contributed by atoms with E-state index in [1.54, 1.807) is 0 Å². The van der Waals surface area contributed by atoms with Crippen LogP contribution in [0.4, 0.5) is 5.69 Å². The SMILES string of the molecule is Cc1ccc(NC(=O)CC2CC3CC(C2)C3)cc1. The van der Waals surface area contributed by atoms with Gasteiger partial charge in [0.15, 0.2) is 0 Å². The number of fused-ring (bicyclic) bond motifs is 2. The highest BCUT2D eigenvalue weighted by molar-refractivity contribution is 5.90. The van der Waals surface area contributed by atoms with Crippen LogP contribution in [0.5, 0.6) is 0 Å². The first-order valence-corrected chi connectivity index (χ1v) is 7.05. The van der Waals surface area contributed by atoms with Gasteiger partial charge in [-0.2, -0.15) is 0 Å². The first-order valence-electron chi connectivity index (χ1n) is 7.05. The number of rotatable bonds is 3. The quantitative estimate of drug-likeness (QED) is 0.860. The van der Waals surface area contributed by atoms with Crippen molar-refractivity contribution in [1.29, 1.82) is 0 Å². The van der Waals surface area contributed by atoms with E-state index in [2.05, 4.69) is 12.2 Å². The molecule has 2 nitrogen and oxygen atoms in total. The van der Waals surface area contributed by atoms with Gasteiger partial charge in [0.2, 0.25) is 5.91 Å². The van der Waals surface area contributed by atoms with Gasteiger partial charge in [-0.1, -0.05) is 17.7 Å². The zero-order chi connectivity index (χ0) is 12.5. The number of amides is 1. The molecule has 3 saturated carbocycles.